The number of anilines is 1. The normalized spacial score (nSPS) is 17.1. The Hall–Kier alpha value is -1.93. The van der Waals surface area contributed by atoms with Crippen LogP contribution in [0.4, 0.5) is 5.69 Å². The number of carbonyl (C=O) groups excluding carboxylic acids is 1. The molecule has 0 bridgehead atoms. The summed E-state index contributed by atoms with van der Waals surface area (Å²) >= 11 is 6.07. The largest absolute Gasteiger partial charge is 0.388 e. The number of nitrogens with zero attached hydrogens (tertiary/aromatic N) is 1. The lowest BCUT2D eigenvalue weighted by atomic mass is 9.77. The third kappa shape index (κ3) is 4.48. The van der Waals surface area contributed by atoms with Crippen LogP contribution in [0, 0.1) is 0 Å². The summed E-state index contributed by atoms with van der Waals surface area (Å²) in [6.45, 7) is 3.93. The summed E-state index contributed by atoms with van der Waals surface area (Å²) in [6, 6.07) is 11.7. The number of aliphatic hydroxyl groups is 1. The number of benzene rings is 2. The molecule has 0 fully saturated rings. The van der Waals surface area contributed by atoms with Gasteiger partial charge in [0.25, 0.3) is 0 Å². The third-order valence-corrected chi connectivity index (χ3v) is 7.11. The fraction of sp³-hybridized carbons (Fsp3) is 0.381. The van der Waals surface area contributed by atoms with E-state index in [2.05, 4.69) is 4.72 Å². The molecule has 0 aliphatic carbocycles. The molecule has 0 aromatic heterocycles. The highest BCUT2D eigenvalue weighted by molar-refractivity contribution is 7.89. The molecule has 2 aromatic rings. The standard InChI is InChI=1S/C21H25ClN2O4S/c1-21(2)13-20(26)24(3)18-9-8-14(12-16(18)21)29(27,28)23-11-10-19(25)15-6-4-5-7-17(15)22/h4-9,12,19,23,25H,10-11,13H2,1-3H3. The van der Waals surface area contributed by atoms with Crippen molar-refractivity contribution in [1.82, 2.24) is 4.72 Å². The molecule has 1 atom stereocenters. The van der Waals surface area contributed by atoms with E-state index in [9.17, 15) is 18.3 Å². The minimum atomic E-state index is -3.76. The predicted octanol–water partition coefficient (Wildman–Crippen LogP) is 3.39. The average Bonchev–Trinajstić information content (AvgIpc) is 2.65. The minimum absolute atomic E-state index is 0.00444. The highest BCUT2D eigenvalue weighted by Crippen LogP contribution is 2.40. The third-order valence-electron chi connectivity index (χ3n) is 5.31. The number of carbonyl (C=O) groups is 1. The van der Waals surface area contributed by atoms with Crippen LogP contribution >= 0.6 is 11.6 Å². The number of rotatable bonds is 6. The molecule has 29 heavy (non-hydrogen) atoms. The van der Waals surface area contributed by atoms with Crippen LogP contribution in [0.5, 0.6) is 0 Å². The van der Waals surface area contributed by atoms with Gasteiger partial charge in [-0.25, -0.2) is 13.1 Å². The van der Waals surface area contributed by atoms with E-state index in [0.29, 0.717) is 17.0 Å². The fourth-order valence-corrected chi connectivity index (χ4v) is 4.89. The lowest BCUT2D eigenvalue weighted by Crippen LogP contribution is -2.39. The molecule has 156 valence electrons. The SMILES string of the molecule is CN1C(=O)CC(C)(C)c2cc(S(=O)(=O)NCCC(O)c3ccccc3Cl)ccc21. The Morgan fingerprint density at radius 1 is 1.24 bits per heavy atom. The Morgan fingerprint density at radius 2 is 1.93 bits per heavy atom. The van der Waals surface area contributed by atoms with Gasteiger partial charge < -0.3 is 10.0 Å². The van der Waals surface area contributed by atoms with E-state index in [-0.39, 0.29) is 23.8 Å². The molecule has 2 aromatic carbocycles. The quantitative estimate of drug-likeness (QED) is 0.726. The van der Waals surface area contributed by atoms with Gasteiger partial charge in [-0.1, -0.05) is 43.6 Å². The van der Waals surface area contributed by atoms with E-state index < -0.39 is 21.5 Å². The molecule has 1 unspecified atom stereocenters. The smallest absolute Gasteiger partial charge is 0.240 e. The van der Waals surface area contributed by atoms with Crippen LogP contribution in [0.15, 0.2) is 47.4 Å². The van der Waals surface area contributed by atoms with Crippen molar-refractivity contribution < 1.29 is 18.3 Å². The number of amides is 1. The lowest BCUT2D eigenvalue weighted by molar-refractivity contribution is -0.119. The number of nitrogens with one attached hydrogen (secondary N) is 1. The second-order valence-corrected chi connectivity index (χ2v) is 10.1. The van der Waals surface area contributed by atoms with Crippen LogP contribution in [-0.4, -0.2) is 33.0 Å². The number of hydrogen-bond donors (Lipinski definition) is 2. The number of halogens is 1. The summed E-state index contributed by atoms with van der Waals surface area (Å²) in [6.07, 6.45) is -0.359. The zero-order valence-electron chi connectivity index (χ0n) is 16.6. The van der Waals surface area contributed by atoms with Gasteiger partial charge in [0.05, 0.1) is 11.0 Å². The molecular formula is C21H25ClN2O4S. The average molecular weight is 437 g/mol. The number of aliphatic hydroxyl groups excluding tert-OH is 1. The minimum Gasteiger partial charge on any atom is -0.388 e. The molecule has 1 heterocycles. The summed E-state index contributed by atoms with van der Waals surface area (Å²) < 4.78 is 28.1. The molecule has 3 rings (SSSR count). The van der Waals surface area contributed by atoms with Crippen LogP contribution in [0.1, 0.15) is 43.9 Å². The molecule has 0 saturated carbocycles. The maximum absolute atomic E-state index is 12.8. The Morgan fingerprint density at radius 3 is 2.62 bits per heavy atom. The van der Waals surface area contributed by atoms with Crippen molar-refractivity contribution in [1.29, 1.82) is 0 Å². The second-order valence-electron chi connectivity index (χ2n) is 7.92. The summed E-state index contributed by atoms with van der Waals surface area (Å²) in [5.74, 6) is 0.00444. The van der Waals surface area contributed by atoms with E-state index in [1.165, 1.54) is 6.07 Å². The van der Waals surface area contributed by atoms with E-state index in [1.807, 2.05) is 13.8 Å². The van der Waals surface area contributed by atoms with Gasteiger partial charge in [0.1, 0.15) is 0 Å². The van der Waals surface area contributed by atoms with Crippen molar-refractivity contribution in [2.75, 3.05) is 18.5 Å². The van der Waals surface area contributed by atoms with Crippen molar-refractivity contribution in [3.63, 3.8) is 0 Å². The zero-order valence-corrected chi connectivity index (χ0v) is 18.2. The summed E-state index contributed by atoms with van der Waals surface area (Å²) in [5, 5.41) is 10.7. The molecule has 1 aliphatic heterocycles. The van der Waals surface area contributed by atoms with Gasteiger partial charge in [-0.3, -0.25) is 4.79 Å². The van der Waals surface area contributed by atoms with Crippen molar-refractivity contribution in [2.45, 2.75) is 43.1 Å². The first-order chi connectivity index (χ1) is 13.5. The van der Waals surface area contributed by atoms with E-state index in [4.69, 9.17) is 11.6 Å². The van der Waals surface area contributed by atoms with Gasteiger partial charge in [-0.2, -0.15) is 0 Å². The van der Waals surface area contributed by atoms with Crippen LogP contribution < -0.4 is 9.62 Å². The Labute approximate surface area is 176 Å². The predicted molar refractivity (Wildman–Crippen MR) is 114 cm³/mol. The monoisotopic (exact) mass is 436 g/mol. The topological polar surface area (TPSA) is 86.7 Å². The zero-order chi connectivity index (χ0) is 21.4. The van der Waals surface area contributed by atoms with Crippen molar-refractivity contribution in [3.05, 3.63) is 58.6 Å². The van der Waals surface area contributed by atoms with Gasteiger partial charge in [-0.15, -0.1) is 0 Å². The van der Waals surface area contributed by atoms with Crippen molar-refractivity contribution >= 4 is 33.2 Å². The van der Waals surface area contributed by atoms with E-state index in [0.717, 1.165) is 11.3 Å². The maximum atomic E-state index is 12.8. The molecule has 1 amide bonds. The summed E-state index contributed by atoms with van der Waals surface area (Å²) in [4.78, 5) is 13.9. The van der Waals surface area contributed by atoms with Crippen molar-refractivity contribution in [2.24, 2.45) is 0 Å². The summed E-state index contributed by atoms with van der Waals surface area (Å²) in [5.41, 5.74) is 1.65. The molecule has 0 spiro atoms. The van der Waals surface area contributed by atoms with Gasteiger partial charge in [0.15, 0.2) is 0 Å². The molecule has 1 aliphatic rings. The van der Waals surface area contributed by atoms with E-state index >= 15 is 0 Å². The molecule has 6 nitrogen and oxygen atoms in total. The first-order valence-corrected chi connectivity index (χ1v) is 11.2. The van der Waals surface area contributed by atoms with Gasteiger partial charge in [0.2, 0.25) is 15.9 Å². The highest BCUT2D eigenvalue weighted by Gasteiger charge is 2.36. The maximum Gasteiger partial charge on any atom is 0.240 e. The molecule has 0 radical (unpaired) electrons. The highest BCUT2D eigenvalue weighted by atomic mass is 35.5. The van der Waals surface area contributed by atoms with Crippen LogP contribution in [0.3, 0.4) is 0 Å². The molecular weight excluding hydrogens is 412 g/mol. The van der Waals surface area contributed by atoms with Crippen molar-refractivity contribution in [3.8, 4) is 0 Å². The second kappa shape index (κ2) is 8.07. The van der Waals surface area contributed by atoms with Gasteiger partial charge in [-0.05, 0) is 41.8 Å². The first-order valence-electron chi connectivity index (χ1n) is 9.36. The fourth-order valence-electron chi connectivity index (χ4n) is 3.56. The molecule has 2 N–H and O–H groups in total. The Kier molecular flexibility index (Phi) is 6.06. The van der Waals surface area contributed by atoms with Crippen LogP contribution in [-0.2, 0) is 20.2 Å². The van der Waals surface area contributed by atoms with Gasteiger partial charge >= 0.3 is 0 Å². The molecule has 0 saturated heterocycles. The Balaban J connectivity index is 1.75. The summed E-state index contributed by atoms with van der Waals surface area (Å²) in [7, 11) is -2.07. The van der Waals surface area contributed by atoms with Crippen LogP contribution in [0.2, 0.25) is 5.02 Å². The number of sulfonamides is 1. The van der Waals surface area contributed by atoms with Gasteiger partial charge in [0, 0.05) is 36.1 Å². The first kappa shape index (κ1) is 21.8. The van der Waals surface area contributed by atoms with E-state index in [1.54, 1.807) is 48.3 Å². The lowest BCUT2D eigenvalue weighted by Gasteiger charge is -2.37. The number of fused-ring (bicyclic) bond motifs is 1. The van der Waals surface area contributed by atoms with Crippen LogP contribution in [0.25, 0.3) is 0 Å². The molecule has 8 heteroatoms. The number of hydrogen-bond acceptors (Lipinski definition) is 4. The Bertz CT molecular complexity index is 1040.